The zero-order valence-corrected chi connectivity index (χ0v) is 10.9. The minimum Gasteiger partial charge on any atom is -0.423 e. The molecule has 1 aromatic carbocycles. The van der Waals surface area contributed by atoms with Gasteiger partial charge in [-0.1, -0.05) is 18.2 Å². The predicted molar refractivity (Wildman–Crippen MR) is 74.7 cm³/mol. The van der Waals surface area contributed by atoms with Crippen molar-refractivity contribution in [3.63, 3.8) is 0 Å². The number of nitrogens with zero attached hydrogens (tertiary/aromatic N) is 1. The molecule has 0 amide bonds. The first kappa shape index (κ1) is 13.1. The minimum atomic E-state index is -0.415. The SMILES string of the molecule is N#CCc1ccc(OC(=O)/C=C/c2cccs2)cc1. The van der Waals surface area contributed by atoms with Crippen molar-refractivity contribution in [2.75, 3.05) is 0 Å². The van der Waals surface area contributed by atoms with Gasteiger partial charge >= 0.3 is 5.97 Å². The Labute approximate surface area is 115 Å². The maximum atomic E-state index is 11.6. The Kier molecular flexibility index (Phi) is 4.49. The summed E-state index contributed by atoms with van der Waals surface area (Å²) >= 11 is 1.55. The molecule has 19 heavy (non-hydrogen) atoms. The maximum absolute atomic E-state index is 11.6. The number of thiophene rings is 1. The summed E-state index contributed by atoms with van der Waals surface area (Å²) in [5, 5.41) is 10.5. The topological polar surface area (TPSA) is 50.1 Å². The highest BCUT2D eigenvalue weighted by Crippen LogP contribution is 2.14. The number of carbonyl (C=O) groups is 1. The third kappa shape index (κ3) is 4.09. The van der Waals surface area contributed by atoms with Crippen molar-refractivity contribution in [1.29, 1.82) is 5.26 Å². The lowest BCUT2D eigenvalue weighted by molar-refractivity contribution is -0.128. The van der Waals surface area contributed by atoms with Crippen molar-refractivity contribution in [1.82, 2.24) is 0 Å². The number of benzene rings is 1. The maximum Gasteiger partial charge on any atom is 0.336 e. The molecule has 0 N–H and O–H groups in total. The first-order chi connectivity index (χ1) is 9.28. The quantitative estimate of drug-likeness (QED) is 0.485. The molecule has 2 rings (SSSR count). The van der Waals surface area contributed by atoms with Crippen LogP contribution in [-0.4, -0.2) is 5.97 Å². The molecule has 4 heteroatoms. The Balaban J connectivity index is 1.93. The third-order valence-corrected chi connectivity index (χ3v) is 3.19. The van der Waals surface area contributed by atoms with Gasteiger partial charge in [0.15, 0.2) is 0 Å². The van der Waals surface area contributed by atoms with E-state index in [1.165, 1.54) is 6.08 Å². The molecular formula is C15H11NO2S. The first-order valence-electron chi connectivity index (χ1n) is 5.67. The summed E-state index contributed by atoms with van der Waals surface area (Å²) in [4.78, 5) is 12.6. The van der Waals surface area contributed by atoms with Crippen LogP contribution in [0, 0.1) is 11.3 Å². The molecule has 1 aromatic heterocycles. The number of rotatable bonds is 4. The number of hydrogen-bond acceptors (Lipinski definition) is 4. The zero-order chi connectivity index (χ0) is 13.5. The second kappa shape index (κ2) is 6.53. The van der Waals surface area contributed by atoms with Crippen LogP contribution >= 0.6 is 11.3 Å². The van der Waals surface area contributed by atoms with Crippen LogP contribution in [-0.2, 0) is 11.2 Å². The van der Waals surface area contributed by atoms with E-state index < -0.39 is 5.97 Å². The summed E-state index contributed by atoms with van der Waals surface area (Å²) in [7, 11) is 0. The van der Waals surface area contributed by atoms with E-state index in [1.807, 2.05) is 17.5 Å². The van der Waals surface area contributed by atoms with E-state index in [2.05, 4.69) is 6.07 Å². The highest BCUT2D eigenvalue weighted by molar-refractivity contribution is 7.10. The number of ether oxygens (including phenoxy) is 1. The fourth-order valence-electron chi connectivity index (χ4n) is 1.45. The van der Waals surface area contributed by atoms with Gasteiger partial charge in [-0.15, -0.1) is 11.3 Å². The van der Waals surface area contributed by atoms with E-state index >= 15 is 0 Å². The second-order valence-electron chi connectivity index (χ2n) is 3.75. The highest BCUT2D eigenvalue weighted by atomic mass is 32.1. The molecule has 0 radical (unpaired) electrons. The van der Waals surface area contributed by atoms with Crippen LogP contribution in [0.2, 0.25) is 0 Å². The van der Waals surface area contributed by atoms with Crippen molar-refractivity contribution in [2.24, 2.45) is 0 Å². The molecule has 2 aromatic rings. The zero-order valence-electron chi connectivity index (χ0n) is 10.1. The molecular weight excluding hydrogens is 258 g/mol. The van der Waals surface area contributed by atoms with Gasteiger partial charge in [-0.3, -0.25) is 0 Å². The van der Waals surface area contributed by atoms with E-state index in [1.54, 1.807) is 41.7 Å². The minimum absolute atomic E-state index is 0.354. The molecule has 0 saturated carbocycles. The van der Waals surface area contributed by atoms with E-state index in [0.29, 0.717) is 12.2 Å². The fourth-order valence-corrected chi connectivity index (χ4v) is 2.07. The molecule has 0 bridgehead atoms. The van der Waals surface area contributed by atoms with Gasteiger partial charge < -0.3 is 4.74 Å². The van der Waals surface area contributed by atoms with Gasteiger partial charge in [0.25, 0.3) is 0 Å². The Morgan fingerprint density at radius 3 is 2.74 bits per heavy atom. The average Bonchev–Trinajstić information content (AvgIpc) is 2.92. The van der Waals surface area contributed by atoms with Crippen molar-refractivity contribution in [2.45, 2.75) is 6.42 Å². The molecule has 0 aliphatic rings. The van der Waals surface area contributed by atoms with Gasteiger partial charge in [-0.2, -0.15) is 5.26 Å². The van der Waals surface area contributed by atoms with Crippen LogP contribution in [0.25, 0.3) is 6.08 Å². The summed E-state index contributed by atoms with van der Waals surface area (Å²) in [5.41, 5.74) is 0.899. The summed E-state index contributed by atoms with van der Waals surface area (Å²) in [6.07, 6.45) is 3.47. The van der Waals surface area contributed by atoms with E-state index in [-0.39, 0.29) is 0 Å². The Hall–Kier alpha value is -2.38. The fraction of sp³-hybridized carbons (Fsp3) is 0.0667. The van der Waals surface area contributed by atoms with Crippen LogP contribution in [0.3, 0.4) is 0 Å². The first-order valence-corrected chi connectivity index (χ1v) is 6.55. The molecule has 0 fully saturated rings. The van der Waals surface area contributed by atoms with Gasteiger partial charge in [0, 0.05) is 11.0 Å². The van der Waals surface area contributed by atoms with Crippen molar-refractivity contribution in [3.05, 3.63) is 58.3 Å². The molecule has 0 saturated heterocycles. The van der Waals surface area contributed by atoms with E-state index in [9.17, 15) is 4.79 Å². The molecule has 3 nitrogen and oxygen atoms in total. The number of esters is 1. The summed E-state index contributed by atoms with van der Waals surface area (Å²) in [6.45, 7) is 0. The number of carbonyl (C=O) groups excluding carboxylic acids is 1. The van der Waals surface area contributed by atoms with Gasteiger partial charge in [0.1, 0.15) is 5.75 Å². The molecule has 94 valence electrons. The molecule has 0 aliphatic carbocycles. The summed E-state index contributed by atoms with van der Waals surface area (Å²) < 4.78 is 5.14. The Morgan fingerprint density at radius 2 is 2.11 bits per heavy atom. The van der Waals surface area contributed by atoms with Crippen LogP contribution < -0.4 is 4.74 Å². The molecule has 0 unspecified atom stereocenters. The normalized spacial score (nSPS) is 10.3. The van der Waals surface area contributed by atoms with Crippen LogP contribution in [0.4, 0.5) is 0 Å². The smallest absolute Gasteiger partial charge is 0.336 e. The Bertz CT molecular complexity index is 607. The van der Waals surface area contributed by atoms with Crippen LogP contribution in [0.1, 0.15) is 10.4 Å². The monoisotopic (exact) mass is 269 g/mol. The van der Waals surface area contributed by atoms with Crippen LogP contribution in [0.15, 0.2) is 47.9 Å². The van der Waals surface area contributed by atoms with Gasteiger partial charge in [0.2, 0.25) is 0 Å². The van der Waals surface area contributed by atoms with Crippen LogP contribution in [0.5, 0.6) is 5.75 Å². The summed E-state index contributed by atoms with van der Waals surface area (Å²) in [5.74, 6) is 0.0592. The average molecular weight is 269 g/mol. The molecule has 0 spiro atoms. The van der Waals surface area contributed by atoms with E-state index in [4.69, 9.17) is 10.00 Å². The van der Waals surface area contributed by atoms with Gasteiger partial charge in [-0.05, 0) is 35.2 Å². The largest absolute Gasteiger partial charge is 0.423 e. The highest BCUT2D eigenvalue weighted by Gasteiger charge is 2.01. The lowest BCUT2D eigenvalue weighted by atomic mass is 10.2. The molecule has 0 atom stereocenters. The lowest BCUT2D eigenvalue weighted by Gasteiger charge is -2.01. The molecule has 1 heterocycles. The Morgan fingerprint density at radius 1 is 1.32 bits per heavy atom. The van der Waals surface area contributed by atoms with Gasteiger partial charge in [-0.25, -0.2) is 4.79 Å². The third-order valence-electron chi connectivity index (χ3n) is 2.35. The van der Waals surface area contributed by atoms with Crippen molar-refractivity contribution < 1.29 is 9.53 Å². The number of nitriles is 1. The number of hydrogen-bond donors (Lipinski definition) is 0. The second-order valence-corrected chi connectivity index (χ2v) is 4.73. The van der Waals surface area contributed by atoms with E-state index in [0.717, 1.165) is 10.4 Å². The standard InChI is InChI=1S/C15H11NO2S/c16-10-9-12-3-5-13(6-4-12)18-15(17)8-7-14-2-1-11-19-14/h1-8,11H,9H2/b8-7+. The molecule has 0 aliphatic heterocycles. The van der Waals surface area contributed by atoms with Gasteiger partial charge in [0.05, 0.1) is 12.5 Å². The lowest BCUT2D eigenvalue weighted by Crippen LogP contribution is -2.03. The summed E-state index contributed by atoms with van der Waals surface area (Å²) in [6, 6.07) is 12.8. The van der Waals surface area contributed by atoms with Crippen molar-refractivity contribution >= 4 is 23.4 Å². The van der Waals surface area contributed by atoms with Crippen molar-refractivity contribution in [3.8, 4) is 11.8 Å². The predicted octanol–water partition coefficient (Wildman–Crippen LogP) is 3.43.